The summed E-state index contributed by atoms with van der Waals surface area (Å²) in [6.45, 7) is 4.43. The third-order valence-corrected chi connectivity index (χ3v) is 3.11. The second-order valence-electron chi connectivity index (χ2n) is 4.37. The van der Waals surface area contributed by atoms with Crippen LogP contribution in [0.3, 0.4) is 0 Å². The average molecular weight is 218 g/mol. The van der Waals surface area contributed by atoms with Crippen LogP contribution >= 0.6 is 0 Å². The number of rotatable bonds is 7. The van der Waals surface area contributed by atoms with Crippen LogP contribution in [-0.4, -0.2) is 6.29 Å². The van der Waals surface area contributed by atoms with E-state index in [0.717, 1.165) is 11.8 Å². The van der Waals surface area contributed by atoms with E-state index in [1.54, 1.807) is 0 Å². The Labute approximate surface area is 98.9 Å². The van der Waals surface area contributed by atoms with Gasteiger partial charge in [0.05, 0.1) is 0 Å². The minimum atomic E-state index is 0.561. The van der Waals surface area contributed by atoms with Gasteiger partial charge >= 0.3 is 0 Å². The molecular weight excluding hydrogens is 196 g/mol. The maximum Gasteiger partial charge on any atom is 0.150 e. The second kappa shape index (κ2) is 7.21. The van der Waals surface area contributed by atoms with Crippen LogP contribution in [0.25, 0.3) is 0 Å². The maximum atomic E-state index is 11.0. The third kappa shape index (κ3) is 3.48. The number of aldehydes is 1. The van der Waals surface area contributed by atoms with Crippen molar-refractivity contribution in [3.8, 4) is 0 Å². The molecule has 0 aliphatic rings. The van der Waals surface area contributed by atoms with E-state index in [0.29, 0.717) is 5.92 Å². The van der Waals surface area contributed by atoms with Crippen LogP contribution in [0.2, 0.25) is 0 Å². The zero-order valence-electron chi connectivity index (χ0n) is 10.4. The van der Waals surface area contributed by atoms with Crippen molar-refractivity contribution in [2.24, 2.45) is 0 Å². The lowest BCUT2D eigenvalue weighted by Crippen LogP contribution is -2.02. The molecule has 88 valence electrons. The third-order valence-electron chi connectivity index (χ3n) is 3.11. The highest BCUT2D eigenvalue weighted by atomic mass is 16.1. The van der Waals surface area contributed by atoms with Crippen LogP contribution in [0, 0.1) is 0 Å². The molecule has 16 heavy (non-hydrogen) atoms. The Balaban J connectivity index is 2.85. The molecule has 0 aromatic heterocycles. The van der Waals surface area contributed by atoms with Gasteiger partial charge in [0.25, 0.3) is 0 Å². The van der Waals surface area contributed by atoms with Gasteiger partial charge in [-0.15, -0.1) is 0 Å². The van der Waals surface area contributed by atoms with E-state index < -0.39 is 0 Å². The molecular formula is C15H22O. The highest BCUT2D eigenvalue weighted by Gasteiger charge is 2.13. The smallest absolute Gasteiger partial charge is 0.150 e. The summed E-state index contributed by atoms with van der Waals surface area (Å²) in [6.07, 6.45) is 7.03. The first-order chi connectivity index (χ1) is 7.83. The molecule has 0 bridgehead atoms. The van der Waals surface area contributed by atoms with E-state index in [-0.39, 0.29) is 0 Å². The number of benzene rings is 1. The molecule has 0 saturated heterocycles. The molecule has 1 aromatic carbocycles. The van der Waals surface area contributed by atoms with Crippen molar-refractivity contribution in [3.05, 3.63) is 35.4 Å². The first kappa shape index (κ1) is 13.0. The molecule has 1 atom stereocenters. The minimum Gasteiger partial charge on any atom is -0.298 e. The van der Waals surface area contributed by atoms with E-state index in [2.05, 4.69) is 19.9 Å². The highest BCUT2D eigenvalue weighted by Crippen LogP contribution is 2.28. The molecule has 1 aromatic rings. The molecule has 1 heteroatoms. The average Bonchev–Trinajstić information content (AvgIpc) is 2.34. The van der Waals surface area contributed by atoms with Crippen molar-refractivity contribution in [3.63, 3.8) is 0 Å². The molecule has 1 unspecified atom stereocenters. The van der Waals surface area contributed by atoms with Crippen molar-refractivity contribution in [2.45, 2.75) is 51.9 Å². The first-order valence-electron chi connectivity index (χ1n) is 6.37. The Kier molecular flexibility index (Phi) is 5.84. The molecule has 0 fully saturated rings. The summed E-state index contributed by atoms with van der Waals surface area (Å²) in [5.74, 6) is 0.561. The Hall–Kier alpha value is -1.11. The molecule has 0 aliphatic heterocycles. The monoisotopic (exact) mass is 218 g/mol. The second-order valence-corrected chi connectivity index (χ2v) is 4.37. The van der Waals surface area contributed by atoms with E-state index in [9.17, 15) is 4.79 Å². The summed E-state index contributed by atoms with van der Waals surface area (Å²) in [7, 11) is 0. The lowest BCUT2D eigenvalue weighted by Gasteiger charge is -2.17. The van der Waals surface area contributed by atoms with Crippen molar-refractivity contribution < 1.29 is 4.79 Å². The molecule has 0 amide bonds. The molecule has 1 rings (SSSR count). The van der Waals surface area contributed by atoms with Gasteiger partial charge in [-0.1, -0.05) is 57.4 Å². The van der Waals surface area contributed by atoms with E-state index in [1.165, 1.54) is 37.7 Å². The summed E-state index contributed by atoms with van der Waals surface area (Å²) in [5.41, 5.74) is 2.12. The lowest BCUT2D eigenvalue weighted by molar-refractivity contribution is 0.112. The number of hydrogen-bond donors (Lipinski definition) is 0. The van der Waals surface area contributed by atoms with Gasteiger partial charge in [0.2, 0.25) is 0 Å². The molecule has 0 N–H and O–H groups in total. The molecule has 0 spiro atoms. The normalized spacial score (nSPS) is 12.4. The predicted octanol–water partition coefficient (Wildman–Crippen LogP) is 4.57. The summed E-state index contributed by atoms with van der Waals surface area (Å²) in [5, 5.41) is 0. The van der Waals surface area contributed by atoms with Crippen LogP contribution in [-0.2, 0) is 0 Å². The Morgan fingerprint density at radius 3 is 2.50 bits per heavy atom. The van der Waals surface area contributed by atoms with Crippen molar-refractivity contribution in [1.82, 2.24) is 0 Å². The van der Waals surface area contributed by atoms with Crippen LogP contribution < -0.4 is 0 Å². The summed E-state index contributed by atoms with van der Waals surface area (Å²) >= 11 is 0. The van der Waals surface area contributed by atoms with Crippen LogP contribution in [0.5, 0.6) is 0 Å². The molecule has 0 aliphatic carbocycles. The largest absolute Gasteiger partial charge is 0.298 e. The number of carbonyl (C=O) groups is 1. The molecule has 0 radical (unpaired) electrons. The molecule has 0 heterocycles. The van der Waals surface area contributed by atoms with Crippen molar-refractivity contribution >= 4 is 6.29 Å². The summed E-state index contributed by atoms with van der Waals surface area (Å²) < 4.78 is 0. The van der Waals surface area contributed by atoms with Crippen LogP contribution in [0.4, 0.5) is 0 Å². The number of hydrogen-bond acceptors (Lipinski definition) is 1. The van der Waals surface area contributed by atoms with E-state index >= 15 is 0 Å². The van der Waals surface area contributed by atoms with Gasteiger partial charge in [-0.25, -0.2) is 0 Å². The fourth-order valence-corrected chi connectivity index (χ4v) is 2.24. The number of unbranched alkanes of at least 4 members (excludes halogenated alkanes) is 1. The molecule has 0 saturated carbocycles. The van der Waals surface area contributed by atoms with Crippen LogP contribution in [0.15, 0.2) is 24.3 Å². The zero-order valence-corrected chi connectivity index (χ0v) is 10.4. The Morgan fingerprint density at radius 2 is 1.88 bits per heavy atom. The molecule has 1 nitrogen and oxygen atoms in total. The van der Waals surface area contributed by atoms with Crippen molar-refractivity contribution in [2.75, 3.05) is 0 Å². The quantitative estimate of drug-likeness (QED) is 0.612. The maximum absolute atomic E-state index is 11.0. The summed E-state index contributed by atoms with van der Waals surface area (Å²) in [4.78, 5) is 11.0. The van der Waals surface area contributed by atoms with Gasteiger partial charge in [0, 0.05) is 5.56 Å². The highest BCUT2D eigenvalue weighted by molar-refractivity contribution is 5.77. The zero-order chi connectivity index (χ0) is 11.8. The Morgan fingerprint density at radius 1 is 1.12 bits per heavy atom. The van der Waals surface area contributed by atoms with Gasteiger partial charge in [-0.3, -0.25) is 4.79 Å². The lowest BCUT2D eigenvalue weighted by atomic mass is 9.87. The van der Waals surface area contributed by atoms with E-state index in [4.69, 9.17) is 0 Å². The fourth-order valence-electron chi connectivity index (χ4n) is 2.24. The Bertz CT molecular complexity index is 317. The topological polar surface area (TPSA) is 17.1 Å². The summed E-state index contributed by atoms with van der Waals surface area (Å²) in [6, 6.07) is 8.02. The van der Waals surface area contributed by atoms with Crippen molar-refractivity contribution in [1.29, 1.82) is 0 Å². The van der Waals surface area contributed by atoms with Gasteiger partial charge in [0.15, 0.2) is 0 Å². The van der Waals surface area contributed by atoms with Gasteiger partial charge in [-0.05, 0) is 24.3 Å². The predicted molar refractivity (Wildman–Crippen MR) is 69.0 cm³/mol. The fraction of sp³-hybridized carbons (Fsp3) is 0.533. The first-order valence-corrected chi connectivity index (χ1v) is 6.37. The SMILES string of the molecule is CCCCC(CCC)c1ccccc1C=O. The van der Waals surface area contributed by atoms with Gasteiger partial charge in [-0.2, -0.15) is 0 Å². The van der Waals surface area contributed by atoms with Crippen LogP contribution in [0.1, 0.15) is 67.8 Å². The number of carbonyl (C=O) groups excluding carboxylic acids is 1. The van der Waals surface area contributed by atoms with Gasteiger partial charge in [0.1, 0.15) is 6.29 Å². The minimum absolute atomic E-state index is 0.561. The standard InChI is InChI=1S/C15H22O/c1-3-5-9-13(8-4-2)15-11-7-6-10-14(15)12-16/h6-7,10-13H,3-5,8-9H2,1-2H3. The van der Waals surface area contributed by atoms with Gasteiger partial charge < -0.3 is 0 Å². The van der Waals surface area contributed by atoms with E-state index in [1.807, 2.05) is 18.2 Å².